The first-order valence-corrected chi connectivity index (χ1v) is 6.14. The topological polar surface area (TPSA) is 66.0 Å². The van der Waals surface area contributed by atoms with Crippen molar-refractivity contribution >= 4 is 5.97 Å². The molecule has 0 spiro atoms. The minimum absolute atomic E-state index is 0.0114. The number of H-pyrrole nitrogens is 1. The predicted molar refractivity (Wildman–Crippen MR) is 67.6 cm³/mol. The summed E-state index contributed by atoms with van der Waals surface area (Å²) in [5.41, 5.74) is 4.57. The average molecular weight is 242 g/mol. The monoisotopic (exact) mass is 242 g/mol. The third kappa shape index (κ3) is 1.90. The lowest BCUT2D eigenvalue weighted by Gasteiger charge is -2.16. The smallest absolute Gasteiger partial charge is 0.371 e. The van der Waals surface area contributed by atoms with Gasteiger partial charge in [0.15, 0.2) is 0 Å². The van der Waals surface area contributed by atoms with Crippen LogP contribution in [0.25, 0.3) is 11.3 Å². The Morgan fingerprint density at radius 2 is 2.00 bits per heavy atom. The molecule has 3 rings (SSSR count). The number of hydrogen-bond donors (Lipinski definition) is 2. The Hall–Kier alpha value is -2.10. The zero-order valence-corrected chi connectivity index (χ0v) is 9.94. The fourth-order valence-electron chi connectivity index (χ4n) is 2.48. The van der Waals surface area contributed by atoms with E-state index in [4.69, 9.17) is 5.11 Å². The molecule has 1 heterocycles. The first-order chi connectivity index (χ1) is 8.74. The molecule has 0 fully saturated rings. The standard InChI is InChI=1S/C14H14N2O2/c17-14(18)13-15-8-12(16-13)11-6-5-9-3-1-2-4-10(9)7-11/h5-8H,1-4H2,(H,15,16)(H,17,18). The zero-order valence-electron chi connectivity index (χ0n) is 9.94. The molecule has 0 saturated heterocycles. The number of aryl methyl sites for hydroxylation is 2. The lowest BCUT2D eigenvalue weighted by molar-refractivity contribution is 0.0685. The molecule has 0 saturated carbocycles. The highest BCUT2D eigenvalue weighted by Crippen LogP contribution is 2.26. The van der Waals surface area contributed by atoms with E-state index in [-0.39, 0.29) is 5.82 Å². The van der Waals surface area contributed by atoms with E-state index in [0.717, 1.165) is 24.1 Å². The number of fused-ring (bicyclic) bond motifs is 1. The second-order valence-electron chi connectivity index (χ2n) is 4.64. The van der Waals surface area contributed by atoms with Crippen LogP contribution >= 0.6 is 0 Å². The largest absolute Gasteiger partial charge is 0.475 e. The van der Waals surface area contributed by atoms with Gasteiger partial charge in [-0.25, -0.2) is 9.78 Å². The molecule has 1 aromatic heterocycles. The summed E-state index contributed by atoms with van der Waals surface area (Å²) in [6.07, 6.45) is 6.34. The summed E-state index contributed by atoms with van der Waals surface area (Å²) in [7, 11) is 0. The molecular weight excluding hydrogens is 228 g/mol. The van der Waals surface area contributed by atoms with Crippen molar-refractivity contribution in [1.29, 1.82) is 0 Å². The highest BCUT2D eigenvalue weighted by atomic mass is 16.4. The Bertz CT molecular complexity index is 602. The van der Waals surface area contributed by atoms with Crippen LogP contribution < -0.4 is 0 Å². The van der Waals surface area contributed by atoms with Crippen molar-refractivity contribution in [3.63, 3.8) is 0 Å². The van der Waals surface area contributed by atoms with E-state index in [9.17, 15) is 4.79 Å². The van der Waals surface area contributed by atoms with E-state index in [1.54, 1.807) is 6.20 Å². The number of carboxylic acids is 1. The van der Waals surface area contributed by atoms with Crippen molar-refractivity contribution in [2.24, 2.45) is 0 Å². The maximum absolute atomic E-state index is 10.8. The van der Waals surface area contributed by atoms with Crippen LogP contribution in [0, 0.1) is 0 Å². The van der Waals surface area contributed by atoms with Crippen molar-refractivity contribution in [2.75, 3.05) is 0 Å². The second-order valence-corrected chi connectivity index (χ2v) is 4.64. The lowest BCUT2D eigenvalue weighted by Crippen LogP contribution is -2.02. The van der Waals surface area contributed by atoms with Crippen molar-refractivity contribution in [1.82, 2.24) is 9.97 Å². The van der Waals surface area contributed by atoms with Gasteiger partial charge in [0, 0.05) is 0 Å². The average Bonchev–Trinajstić information content (AvgIpc) is 2.88. The van der Waals surface area contributed by atoms with Gasteiger partial charge in [-0.1, -0.05) is 12.1 Å². The first-order valence-electron chi connectivity index (χ1n) is 6.14. The lowest BCUT2D eigenvalue weighted by atomic mass is 9.90. The van der Waals surface area contributed by atoms with Crippen LogP contribution in [0.2, 0.25) is 0 Å². The van der Waals surface area contributed by atoms with Gasteiger partial charge < -0.3 is 10.1 Å². The van der Waals surface area contributed by atoms with E-state index in [1.807, 2.05) is 6.07 Å². The van der Waals surface area contributed by atoms with Crippen molar-refractivity contribution in [3.05, 3.63) is 41.3 Å². The Morgan fingerprint density at radius 1 is 1.22 bits per heavy atom. The molecule has 0 atom stereocenters. The number of hydrogen-bond acceptors (Lipinski definition) is 2. The number of carboxylic acid groups (broad SMARTS) is 1. The number of aromatic nitrogens is 2. The minimum atomic E-state index is -1.03. The van der Waals surface area contributed by atoms with Crippen LogP contribution in [0.4, 0.5) is 0 Å². The van der Waals surface area contributed by atoms with Gasteiger partial charge in [0.05, 0.1) is 11.9 Å². The third-order valence-electron chi connectivity index (χ3n) is 3.44. The van der Waals surface area contributed by atoms with Crippen molar-refractivity contribution in [2.45, 2.75) is 25.7 Å². The molecule has 92 valence electrons. The first kappa shape index (κ1) is 11.0. The molecule has 18 heavy (non-hydrogen) atoms. The van der Waals surface area contributed by atoms with Gasteiger partial charge in [-0.2, -0.15) is 0 Å². The van der Waals surface area contributed by atoms with Gasteiger partial charge in [0.2, 0.25) is 5.82 Å². The third-order valence-corrected chi connectivity index (χ3v) is 3.44. The molecule has 4 heteroatoms. The van der Waals surface area contributed by atoms with Crippen LogP contribution in [0.15, 0.2) is 24.4 Å². The molecule has 1 aromatic carbocycles. The summed E-state index contributed by atoms with van der Waals surface area (Å²) < 4.78 is 0. The van der Waals surface area contributed by atoms with Crippen LogP contribution in [-0.2, 0) is 12.8 Å². The Kier molecular flexibility index (Phi) is 2.63. The fourth-order valence-corrected chi connectivity index (χ4v) is 2.48. The number of nitrogens with zero attached hydrogens (tertiary/aromatic N) is 1. The van der Waals surface area contributed by atoms with Crippen LogP contribution in [-0.4, -0.2) is 21.0 Å². The van der Waals surface area contributed by atoms with E-state index in [1.165, 1.54) is 24.0 Å². The van der Waals surface area contributed by atoms with Gasteiger partial charge in [-0.15, -0.1) is 0 Å². The normalized spacial score (nSPS) is 14.2. The number of carbonyl (C=O) groups is 1. The molecule has 2 aromatic rings. The molecule has 1 aliphatic rings. The van der Waals surface area contributed by atoms with Crippen LogP contribution in [0.1, 0.15) is 34.6 Å². The Balaban J connectivity index is 1.98. The fraction of sp³-hybridized carbons (Fsp3) is 0.286. The summed E-state index contributed by atoms with van der Waals surface area (Å²) in [4.78, 5) is 17.5. The Labute approximate surface area is 105 Å². The summed E-state index contributed by atoms with van der Waals surface area (Å²) >= 11 is 0. The number of rotatable bonds is 2. The van der Waals surface area contributed by atoms with E-state index < -0.39 is 5.97 Å². The van der Waals surface area contributed by atoms with Gasteiger partial charge in [0.1, 0.15) is 0 Å². The summed E-state index contributed by atoms with van der Waals surface area (Å²) in [5, 5.41) is 8.84. The summed E-state index contributed by atoms with van der Waals surface area (Å²) in [6, 6.07) is 6.32. The van der Waals surface area contributed by atoms with E-state index in [0.29, 0.717) is 0 Å². The molecule has 1 aliphatic carbocycles. The van der Waals surface area contributed by atoms with Crippen molar-refractivity contribution in [3.8, 4) is 11.3 Å². The summed E-state index contributed by atoms with van der Waals surface area (Å²) in [5.74, 6) is -1.04. The minimum Gasteiger partial charge on any atom is -0.475 e. The number of benzene rings is 1. The molecule has 2 N–H and O–H groups in total. The molecule has 0 bridgehead atoms. The zero-order chi connectivity index (χ0) is 12.5. The van der Waals surface area contributed by atoms with Crippen LogP contribution in [0.5, 0.6) is 0 Å². The highest BCUT2D eigenvalue weighted by molar-refractivity contribution is 5.84. The van der Waals surface area contributed by atoms with Crippen molar-refractivity contribution < 1.29 is 9.90 Å². The van der Waals surface area contributed by atoms with E-state index >= 15 is 0 Å². The quantitative estimate of drug-likeness (QED) is 0.850. The molecule has 0 amide bonds. The number of imidazole rings is 1. The highest BCUT2D eigenvalue weighted by Gasteiger charge is 2.12. The maximum atomic E-state index is 10.8. The van der Waals surface area contributed by atoms with Gasteiger partial charge in [0.25, 0.3) is 0 Å². The van der Waals surface area contributed by atoms with Crippen LogP contribution in [0.3, 0.4) is 0 Å². The number of nitrogens with one attached hydrogen (secondary N) is 1. The SMILES string of the molecule is O=C(O)c1ncc(-c2ccc3c(c2)CCCC3)[nH]1. The molecule has 4 nitrogen and oxygen atoms in total. The predicted octanol–water partition coefficient (Wildman–Crippen LogP) is 2.65. The van der Waals surface area contributed by atoms with E-state index in [2.05, 4.69) is 22.1 Å². The van der Waals surface area contributed by atoms with Gasteiger partial charge in [-0.3, -0.25) is 0 Å². The molecule has 0 radical (unpaired) electrons. The molecular formula is C14H14N2O2. The molecule has 0 unspecified atom stereocenters. The Morgan fingerprint density at radius 3 is 2.72 bits per heavy atom. The van der Waals surface area contributed by atoms with Gasteiger partial charge >= 0.3 is 5.97 Å². The summed E-state index contributed by atoms with van der Waals surface area (Å²) in [6.45, 7) is 0. The number of aromatic carboxylic acids is 1. The number of aromatic amines is 1. The second kappa shape index (κ2) is 4.29. The molecule has 0 aliphatic heterocycles. The van der Waals surface area contributed by atoms with Gasteiger partial charge in [-0.05, 0) is 48.4 Å². The maximum Gasteiger partial charge on any atom is 0.371 e.